The highest BCUT2D eigenvalue weighted by Crippen LogP contribution is 2.11. The van der Waals surface area contributed by atoms with E-state index in [0.717, 1.165) is 17.2 Å². The second kappa shape index (κ2) is 6.15. The van der Waals surface area contributed by atoms with Crippen molar-refractivity contribution in [3.63, 3.8) is 0 Å². The molecule has 5 heteroatoms. The van der Waals surface area contributed by atoms with Gasteiger partial charge in [0.15, 0.2) is 0 Å². The SMILES string of the molecule is Cc1ccccc1CCNS(=O)(=O)c1cccc(F)c1. The lowest BCUT2D eigenvalue weighted by Crippen LogP contribution is -2.26. The minimum Gasteiger partial charge on any atom is -0.211 e. The second-order valence-electron chi connectivity index (χ2n) is 4.53. The van der Waals surface area contributed by atoms with Crippen molar-refractivity contribution in [2.75, 3.05) is 6.54 Å². The van der Waals surface area contributed by atoms with Gasteiger partial charge in [0, 0.05) is 6.54 Å². The Hall–Kier alpha value is -1.72. The van der Waals surface area contributed by atoms with Crippen molar-refractivity contribution >= 4 is 10.0 Å². The van der Waals surface area contributed by atoms with E-state index in [9.17, 15) is 12.8 Å². The van der Waals surface area contributed by atoms with E-state index >= 15 is 0 Å². The van der Waals surface area contributed by atoms with E-state index in [2.05, 4.69) is 4.72 Å². The van der Waals surface area contributed by atoms with Gasteiger partial charge in [-0.15, -0.1) is 0 Å². The highest BCUT2D eigenvalue weighted by atomic mass is 32.2. The smallest absolute Gasteiger partial charge is 0.211 e. The number of rotatable bonds is 5. The summed E-state index contributed by atoms with van der Waals surface area (Å²) in [7, 11) is -3.66. The van der Waals surface area contributed by atoms with Gasteiger partial charge >= 0.3 is 0 Å². The van der Waals surface area contributed by atoms with Gasteiger partial charge in [0.05, 0.1) is 4.90 Å². The molecule has 0 aromatic heterocycles. The number of sulfonamides is 1. The van der Waals surface area contributed by atoms with Crippen LogP contribution in [-0.2, 0) is 16.4 Å². The molecule has 0 spiro atoms. The van der Waals surface area contributed by atoms with Gasteiger partial charge in [0.25, 0.3) is 0 Å². The third-order valence-corrected chi connectivity index (χ3v) is 4.51. The zero-order valence-corrected chi connectivity index (χ0v) is 12.0. The summed E-state index contributed by atoms with van der Waals surface area (Å²) < 4.78 is 39.5. The van der Waals surface area contributed by atoms with E-state index in [1.807, 2.05) is 31.2 Å². The van der Waals surface area contributed by atoms with Crippen molar-refractivity contribution in [3.8, 4) is 0 Å². The molecule has 1 N–H and O–H groups in total. The number of nitrogens with one attached hydrogen (secondary N) is 1. The second-order valence-corrected chi connectivity index (χ2v) is 6.30. The molecule has 2 aromatic rings. The zero-order chi connectivity index (χ0) is 14.6. The normalized spacial score (nSPS) is 11.5. The van der Waals surface area contributed by atoms with E-state index in [1.54, 1.807) is 0 Å². The lowest BCUT2D eigenvalue weighted by Gasteiger charge is -2.08. The van der Waals surface area contributed by atoms with Crippen molar-refractivity contribution in [2.24, 2.45) is 0 Å². The molecule has 20 heavy (non-hydrogen) atoms. The molecule has 3 nitrogen and oxygen atoms in total. The molecule has 2 rings (SSSR count). The van der Waals surface area contributed by atoms with Crippen LogP contribution >= 0.6 is 0 Å². The molecule has 0 aliphatic heterocycles. The minimum absolute atomic E-state index is 0.0534. The summed E-state index contributed by atoms with van der Waals surface area (Å²) in [5, 5.41) is 0. The number of benzene rings is 2. The van der Waals surface area contributed by atoms with Crippen molar-refractivity contribution in [2.45, 2.75) is 18.2 Å². The van der Waals surface area contributed by atoms with E-state index in [-0.39, 0.29) is 11.4 Å². The molecule has 0 saturated heterocycles. The summed E-state index contributed by atoms with van der Waals surface area (Å²) in [4.78, 5) is -0.0534. The molecular weight excluding hydrogens is 277 g/mol. The van der Waals surface area contributed by atoms with Gasteiger partial charge in [0.1, 0.15) is 5.82 Å². The van der Waals surface area contributed by atoms with Gasteiger partial charge in [0.2, 0.25) is 10.0 Å². The summed E-state index contributed by atoms with van der Waals surface area (Å²) in [6.45, 7) is 2.26. The standard InChI is InChI=1S/C15H16FNO2S/c1-12-5-2-3-6-13(12)9-10-17-20(18,19)15-8-4-7-14(16)11-15/h2-8,11,17H,9-10H2,1H3. The average Bonchev–Trinajstić information content (AvgIpc) is 2.41. The number of hydrogen-bond donors (Lipinski definition) is 1. The van der Waals surface area contributed by atoms with Crippen molar-refractivity contribution < 1.29 is 12.8 Å². The number of halogens is 1. The monoisotopic (exact) mass is 293 g/mol. The molecule has 0 aliphatic rings. The van der Waals surface area contributed by atoms with Crippen LogP contribution in [-0.4, -0.2) is 15.0 Å². The Morgan fingerprint density at radius 2 is 1.85 bits per heavy atom. The molecule has 0 amide bonds. The molecule has 0 unspecified atom stereocenters. The minimum atomic E-state index is -3.66. The quantitative estimate of drug-likeness (QED) is 0.921. The van der Waals surface area contributed by atoms with Crippen molar-refractivity contribution in [1.29, 1.82) is 0 Å². The molecule has 0 fully saturated rings. The molecule has 0 heterocycles. The Morgan fingerprint density at radius 1 is 1.10 bits per heavy atom. The first-order valence-electron chi connectivity index (χ1n) is 6.29. The maximum Gasteiger partial charge on any atom is 0.240 e. The maximum absolute atomic E-state index is 13.0. The van der Waals surface area contributed by atoms with Gasteiger partial charge in [-0.1, -0.05) is 30.3 Å². The predicted octanol–water partition coefficient (Wildman–Crippen LogP) is 2.66. The first-order chi connectivity index (χ1) is 9.49. The van der Waals surface area contributed by atoms with E-state index in [4.69, 9.17) is 0 Å². The van der Waals surface area contributed by atoms with E-state index < -0.39 is 15.8 Å². The average molecular weight is 293 g/mol. The highest BCUT2D eigenvalue weighted by Gasteiger charge is 2.13. The first kappa shape index (κ1) is 14.7. The molecule has 0 bridgehead atoms. The molecular formula is C15H16FNO2S. The largest absolute Gasteiger partial charge is 0.240 e. The highest BCUT2D eigenvalue weighted by molar-refractivity contribution is 7.89. The van der Waals surface area contributed by atoms with Crippen LogP contribution in [0.1, 0.15) is 11.1 Å². The van der Waals surface area contributed by atoms with Crippen LogP contribution in [0.4, 0.5) is 4.39 Å². The Morgan fingerprint density at radius 3 is 2.55 bits per heavy atom. The fraction of sp³-hybridized carbons (Fsp3) is 0.200. The summed E-state index contributed by atoms with van der Waals surface area (Å²) in [6, 6.07) is 12.8. The molecule has 106 valence electrons. The van der Waals surface area contributed by atoms with Gasteiger partial charge in [-0.05, 0) is 42.7 Å². The third-order valence-electron chi connectivity index (χ3n) is 3.05. The van der Waals surface area contributed by atoms with Gasteiger partial charge in [-0.2, -0.15) is 0 Å². The summed E-state index contributed by atoms with van der Waals surface area (Å²) in [5.74, 6) is -0.563. The Balaban J connectivity index is 2.02. The molecule has 0 atom stereocenters. The van der Waals surface area contributed by atoms with E-state index in [1.165, 1.54) is 18.2 Å². The fourth-order valence-corrected chi connectivity index (χ4v) is 2.99. The van der Waals surface area contributed by atoms with Crippen LogP contribution in [0, 0.1) is 12.7 Å². The zero-order valence-electron chi connectivity index (χ0n) is 11.1. The molecule has 0 radical (unpaired) electrons. The molecule has 0 aliphatic carbocycles. The Kier molecular flexibility index (Phi) is 4.52. The lowest BCUT2D eigenvalue weighted by atomic mass is 10.1. The van der Waals surface area contributed by atoms with Crippen LogP contribution in [0.2, 0.25) is 0 Å². The third kappa shape index (κ3) is 3.65. The fourth-order valence-electron chi connectivity index (χ4n) is 1.93. The van der Waals surface area contributed by atoms with Crippen molar-refractivity contribution in [3.05, 3.63) is 65.5 Å². The topological polar surface area (TPSA) is 46.2 Å². The summed E-state index contributed by atoms with van der Waals surface area (Å²) in [5.41, 5.74) is 2.21. The Labute approximate surface area is 118 Å². The lowest BCUT2D eigenvalue weighted by molar-refractivity contribution is 0.577. The Bertz CT molecular complexity index is 699. The molecule has 2 aromatic carbocycles. The van der Waals surface area contributed by atoms with Crippen LogP contribution in [0.3, 0.4) is 0 Å². The molecule has 0 saturated carbocycles. The summed E-state index contributed by atoms with van der Waals surface area (Å²) in [6.07, 6.45) is 0.598. The van der Waals surface area contributed by atoms with Crippen LogP contribution in [0.5, 0.6) is 0 Å². The predicted molar refractivity (Wildman–Crippen MR) is 76.5 cm³/mol. The van der Waals surface area contributed by atoms with E-state index in [0.29, 0.717) is 6.42 Å². The number of hydrogen-bond acceptors (Lipinski definition) is 2. The van der Waals surface area contributed by atoms with Gasteiger partial charge in [-0.25, -0.2) is 17.5 Å². The first-order valence-corrected chi connectivity index (χ1v) is 7.77. The van der Waals surface area contributed by atoms with Crippen LogP contribution in [0.25, 0.3) is 0 Å². The summed E-state index contributed by atoms with van der Waals surface area (Å²) >= 11 is 0. The van der Waals surface area contributed by atoms with Gasteiger partial charge < -0.3 is 0 Å². The van der Waals surface area contributed by atoms with Gasteiger partial charge in [-0.3, -0.25) is 0 Å². The van der Waals surface area contributed by atoms with Crippen molar-refractivity contribution in [1.82, 2.24) is 4.72 Å². The number of aryl methyl sites for hydroxylation is 1. The van der Waals surface area contributed by atoms with Crippen LogP contribution < -0.4 is 4.72 Å². The van der Waals surface area contributed by atoms with Crippen LogP contribution in [0.15, 0.2) is 53.4 Å². The maximum atomic E-state index is 13.0.